The Labute approximate surface area is 116 Å². The molecule has 1 aliphatic carbocycles. The highest BCUT2D eigenvalue weighted by Gasteiger charge is 2.81. The number of aromatic nitrogens is 4. The van der Waals surface area contributed by atoms with Crippen LogP contribution in [-0.2, 0) is 10.5 Å². The zero-order valence-electron chi connectivity index (χ0n) is 10.8. The number of nitrogens with zero attached hydrogens (tertiary/aromatic N) is 3. The molecule has 2 aromatic heterocycles. The standard InChI is InChI=1S/C11H12FN5O4/c1-10(8(12)11(20)4(18)5(11)21-10)17-2-14-3-6(17)15-9(13)16-7(3)19/h2,4-5,8,18,20H,1H3,(H3,13,15,16,19)/t4?,5-,8+,10-,11-/m1/s1. The summed E-state index contributed by atoms with van der Waals surface area (Å²) in [6, 6.07) is 0. The van der Waals surface area contributed by atoms with Crippen LogP contribution in [-0.4, -0.2) is 53.7 Å². The van der Waals surface area contributed by atoms with Gasteiger partial charge in [0, 0.05) is 0 Å². The number of nitrogen functional groups attached to an aromatic ring is 1. The molecule has 3 heterocycles. The van der Waals surface area contributed by atoms with Crippen molar-refractivity contribution in [3.63, 3.8) is 0 Å². The van der Waals surface area contributed by atoms with E-state index >= 15 is 0 Å². The number of fused-ring (bicyclic) bond motifs is 2. The summed E-state index contributed by atoms with van der Waals surface area (Å²) in [5, 5.41) is 19.5. The van der Waals surface area contributed by atoms with Crippen molar-refractivity contribution in [2.45, 2.75) is 36.6 Å². The topological polar surface area (TPSA) is 139 Å². The Morgan fingerprint density at radius 3 is 2.95 bits per heavy atom. The third kappa shape index (κ3) is 1.27. The van der Waals surface area contributed by atoms with Gasteiger partial charge >= 0.3 is 0 Å². The van der Waals surface area contributed by atoms with Gasteiger partial charge in [-0.05, 0) is 6.92 Å². The molecule has 4 rings (SSSR count). The average Bonchev–Trinajstić information content (AvgIpc) is 2.79. The number of aliphatic hydroxyl groups is 2. The van der Waals surface area contributed by atoms with Crippen molar-refractivity contribution >= 4 is 17.1 Å². The van der Waals surface area contributed by atoms with Crippen LogP contribution in [0.25, 0.3) is 11.2 Å². The minimum absolute atomic E-state index is 0.0191. The van der Waals surface area contributed by atoms with Crippen LogP contribution >= 0.6 is 0 Å². The monoisotopic (exact) mass is 297 g/mol. The molecule has 1 aliphatic heterocycles. The molecule has 0 spiro atoms. The smallest absolute Gasteiger partial charge is 0.280 e. The molecule has 0 radical (unpaired) electrons. The second kappa shape index (κ2) is 3.40. The van der Waals surface area contributed by atoms with Gasteiger partial charge in [-0.15, -0.1) is 0 Å². The van der Waals surface area contributed by atoms with Gasteiger partial charge in [-0.2, -0.15) is 4.98 Å². The lowest BCUT2D eigenvalue weighted by molar-refractivity contribution is -0.138. The van der Waals surface area contributed by atoms with E-state index in [1.165, 1.54) is 17.8 Å². The number of H-pyrrole nitrogens is 1. The van der Waals surface area contributed by atoms with E-state index in [-0.39, 0.29) is 17.1 Å². The number of hydrogen-bond donors (Lipinski definition) is 4. The molecular weight excluding hydrogens is 285 g/mol. The number of hydrogen-bond acceptors (Lipinski definition) is 7. The number of alkyl halides is 1. The first-order chi connectivity index (χ1) is 9.80. The molecule has 0 amide bonds. The molecule has 5 atom stereocenters. The van der Waals surface area contributed by atoms with Crippen molar-refractivity contribution in [2.75, 3.05) is 5.73 Å². The zero-order valence-corrected chi connectivity index (χ0v) is 10.8. The summed E-state index contributed by atoms with van der Waals surface area (Å²) < 4.78 is 21.2. The van der Waals surface area contributed by atoms with Crippen molar-refractivity contribution in [1.82, 2.24) is 19.5 Å². The van der Waals surface area contributed by atoms with E-state index in [9.17, 15) is 19.4 Å². The van der Waals surface area contributed by atoms with E-state index < -0.39 is 35.3 Å². The maximum Gasteiger partial charge on any atom is 0.280 e. The fourth-order valence-electron chi connectivity index (χ4n) is 2.97. The number of aliphatic hydroxyl groups excluding tert-OH is 1. The number of anilines is 1. The van der Waals surface area contributed by atoms with Gasteiger partial charge < -0.3 is 20.7 Å². The van der Waals surface area contributed by atoms with E-state index in [0.29, 0.717) is 0 Å². The summed E-state index contributed by atoms with van der Waals surface area (Å²) in [4.78, 5) is 21.8. The fraction of sp³-hybridized carbons (Fsp3) is 0.545. The van der Waals surface area contributed by atoms with Crippen LogP contribution in [0.2, 0.25) is 0 Å². The quantitative estimate of drug-likeness (QED) is 0.487. The van der Waals surface area contributed by atoms with Gasteiger partial charge in [0.2, 0.25) is 5.95 Å². The minimum atomic E-state index is -1.95. The van der Waals surface area contributed by atoms with E-state index in [4.69, 9.17) is 10.5 Å². The van der Waals surface area contributed by atoms with E-state index in [1.54, 1.807) is 0 Å². The molecule has 0 bridgehead atoms. The van der Waals surface area contributed by atoms with Crippen LogP contribution in [0.1, 0.15) is 6.92 Å². The zero-order chi connectivity index (χ0) is 15.2. The summed E-state index contributed by atoms with van der Waals surface area (Å²) in [6.07, 6.45) is -3.00. The molecule has 0 aromatic carbocycles. The summed E-state index contributed by atoms with van der Waals surface area (Å²) in [5.74, 6) is -0.143. The highest BCUT2D eigenvalue weighted by molar-refractivity contribution is 5.71. The van der Waals surface area contributed by atoms with Crippen molar-refractivity contribution in [3.05, 3.63) is 16.7 Å². The first kappa shape index (κ1) is 12.7. The van der Waals surface area contributed by atoms with Gasteiger partial charge in [-0.1, -0.05) is 0 Å². The summed E-state index contributed by atoms with van der Waals surface area (Å²) >= 11 is 0. The molecular formula is C11H12FN5O4. The summed E-state index contributed by atoms with van der Waals surface area (Å²) in [6.45, 7) is 1.38. The second-order valence-electron chi connectivity index (χ2n) is 5.53. The normalized spacial score (nSPS) is 41.4. The summed E-state index contributed by atoms with van der Waals surface area (Å²) in [5.41, 5.74) is 1.36. The molecule has 10 heteroatoms. The number of aromatic amines is 1. The number of nitrogens with one attached hydrogen (secondary N) is 1. The summed E-state index contributed by atoms with van der Waals surface area (Å²) in [7, 11) is 0. The highest BCUT2D eigenvalue weighted by Crippen LogP contribution is 2.57. The lowest BCUT2D eigenvalue weighted by atomic mass is 10.0. The van der Waals surface area contributed by atoms with Gasteiger partial charge in [0.1, 0.15) is 12.2 Å². The number of imidazole rings is 1. The Morgan fingerprint density at radius 2 is 2.33 bits per heavy atom. The van der Waals surface area contributed by atoms with Gasteiger partial charge in [-0.25, -0.2) is 9.37 Å². The maximum atomic E-state index is 14.6. The largest absolute Gasteiger partial charge is 0.387 e. The first-order valence-electron chi connectivity index (χ1n) is 6.26. The minimum Gasteiger partial charge on any atom is -0.387 e. The molecule has 21 heavy (non-hydrogen) atoms. The van der Waals surface area contributed by atoms with Crippen LogP contribution in [0.5, 0.6) is 0 Å². The Bertz CT molecular complexity index is 821. The van der Waals surface area contributed by atoms with Gasteiger partial charge in [0.05, 0.1) is 6.33 Å². The van der Waals surface area contributed by atoms with E-state index in [1.807, 2.05) is 0 Å². The lowest BCUT2D eigenvalue weighted by Gasteiger charge is -2.31. The third-order valence-electron chi connectivity index (χ3n) is 4.25. The van der Waals surface area contributed by atoms with Crippen molar-refractivity contribution in [2.24, 2.45) is 0 Å². The number of ether oxygens (including phenoxy) is 1. The SMILES string of the molecule is C[C@@]1(n2cnc3c(=O)[nH]c(N)nc32)O[C@@H]2C(O)[C@]2(O)[C@H]1F. The number of nitrogens with two attached hydrogens (primary N) is 1. The van der Waals surface area contributed by atoms with Gasteiger partial charge in [0.15, 0.2) is 28.7 Å². The van der Waals surface area contributed by atoms with Crippen molar-refractivity contribution in [1.29, 1.82) is 0 Å². The molecule has 1 saturated heterocycles. The van der Waals surface area contributed by atoms with Crippen LogP contribution in [0.4, 0.5) is 10.3 Å². The molecule has 1 unspecified atom stereocenters. The molecule has 112 valence electrons. The fourth-order valence-corrected chi connectivity index (χ4v) is 2.97. The molecule has 9 nitrogen and oxygen atoms in total. The number of rotatable bonds is 1. The molecule has 5 N–H and O–H groups in total. The van der Waals surface area contributed by atoms with E-state index in [0.717, 1.165) is 0 Å². The van der Waals surface area contributed by atoms with Crippen LogP contribution in [0, 0.1) is 0 Å². The number of halogens is 1. The first-order valence-corrected chi connectivity index (χ1v) is 6.26. The predicted octanol–water partition coefficient (Wildman–Crippen LogP) is -1.78. The third-order valence-corrected chi connectivity index (χ3v) is 4.25. The van der Waals surface area contributed by atoms with Crippen LogP contribution < -0.4 is 11.3 Å². The Kier molecular flexibility index (Phi) is 2.06. The Hall–Kier alpha value is -2.04. The predicted molar refractivity (Wildman–Crippen MR) is 66.9 cm³/mol. The van der Waals surface area contributed by atoms with Crippen LogP contribution in [0.15, 0.2) is 11.1 Å². The second-order valence-corrected chi connectivity index (χ2v) is 5.53. The highest BCUT2D eigenvalue weighted by atomic mass is 19.1. The Balaban J connectivity index is 1.90. The lowest BCUT2D eigenvalue weighted by Crippen LogP contribution is -2.46. The van der Waals surface area contributed by atoms with E-state index in [2.05, 4.69) is 15.0 Å². The van der Waals surface area contributed by atoms with Gasteiger partial charge in [0.25, 0.3) is 5.56 Å². The van der Waals surface area contributed by atoms with Crippen molar-refractivity contribution < 1.29 is 19.3 Å². The van der Waals surface area contributed by atoms with Crippen molar-refractivity contribution in [3.8, 4) is 0 Å². The maximum absolute atomic E-state index is 14.6. The average molecular weight is 297 g/mol. The van der Waals surface area contributed by atoms with Gasteiger partial charge in [-0.3, -0.25) is 14.3 Å². The molecule has 2 aromatic rings. The molecule has 2 fully saturated rings. The molecule has 1 saturated carbocycles. The molecule has 2 aliphatic rings. The Morgan fingerprint density at radius 1 is 1.62 bits per heavy atom. The van der Waals surface area contributed by atoms with Crippen LogP contribution in [0.3, 0.4) is 0 Å².